The summed E-state index contributed by atoms with van der Waals surface area (Å²) >= 11 is 5.95. The quantitative estimate of drug-likeness (QED) is 0.452. The number of nitrogens with zero attached hydrogens (tertiary/aromatic N) is 1. The maximum Gasteiger partial charge on any atom is 0.277 e. The average Bonchev–Trinajstić information content (AvgIpc) is 2.64. The number of allylic oxidation sites excluding steroid dienone is 3. The molecule has 0 aliphatic rings. The zero-order valence-electron chi connectivity index (χ0n) is 13.9. The van der Waals surface area contributed by atoms with Gasteiger partial charge in [-0.05, 0) is 30.7 Å². The molecule has 2 aromatic carbocycles. The van der Waals surface area contributed by atoms with E-state index >= 15 is 0 Å². The SMILES string of the molecule is CC(/C=C/C=C/c1ccccc1)=N/NC(=O)COc1ccccc1Cl. The van der Waals surface area contributed by atoms with Gasteiger partial charge in [0.15, 0.2) is 6.61 Å². The van der Waals surface area contributed by atoms with Gasteiger partial charge in [-0.3, -0.25) is 4.79 Å². The van der Waals surface area contributed by atoms with Crippen LogP contribution in [-0.4, -0.2) is 18.2 Å². The number of carbonyl (C=O) groups is 1. The summed E-state index contributed by atoms with van der Waals surface area (Å²) in [4.78, 5) is 11.7. The first-order valence-electron chi connectivity index (χ1n) is 7.75. The fraction of sp³-hybridized carbons (Fsp3) is 0.100. The maximum absolute atomic E-state index is 11.7. The molecule has 128 valence electrons. The molecule has 0 saturated heterocycles. The van der Waals surface area contributed by atoms with Crippen LogP contribution in [0.5, 0.6) is 5.75 Å². The van der Waals surface area contributed by atoms with Crippen LogP contribution in [0.25, 0.3) is 6.08 Å². The number of amides is 1. The molecule has 0 aliphatic carbocycles. The summed E-state index contributed by atoms with van der Waals surface area (Å²) in [6.07, 6.45) is 7.56. The van der Waals surface area contributed by atoms with Gasteiger partial charge in [0.1, 0.15) is 5.75 Å². The van der Waals surface area contributed by atoms with Gasteiger partial charge < -0.3 is 4.74 Å². The van der Waals surface area contributed by atoms with Gasteiger partial charge in [-0.1, -0.05) is 72.3 Å². The molecular formula is C20H19ClN2O2. The number of hydrogen-bond acceptors (Lipinski definition) is 3. The van der Waals surface area contributed by atoms with Crippen molar-refractivity contribution in [3.05, 3.63) is 83.4 Å². The van der Waals surface area contributed by atoms with Gasteiger partial charge in [0.25, 0.3) is 5.91 Å². The van der Waals surface area contributed by atoms with Crippen molar-refractivity contribution < 1.29 is 9.53 Å². The first-order chi connectivity index (χ1) is 12.1. The van der Waals surface area contributed by atoms with Gasteiger partial charge in [0.2, 0.25) is 0 Å². The Kier molecular flexibility index (Phi) is 7.47. The third-order valence-corrected chi connectivity index (χ3v) is 3.40. The highest BCUT2D eigenvalue weighted by atomic mass is 35.5. The molecular weight excluding hydrogens is 336 g/mol. The lowest BCUT2D eigenvalue weighted by Gasteiger charge is -2.06. The van der Waals surface area contributed by atoms with Crippen LogP contribution in [0.2, 0.25) is 5.02 Å². The molecule has 0 radical (unpaired) electrons. The van der Waals surface area contributed by atoms with Gasteiger partial charge >= 0.3 is 0 Å². The minimum absolute atomic E-state index is 0.155. The first kappa shape index (κ1) is 18.5. The molecule has 0 aromatic heterocycles. The maximum atomic E-state index is 11.7. The van der Waals surface area contributed by atoms with Crippen molar-refractivity contribution in [1.29, 1.82) is 0 Å². The minimum atomic E-state index is -0.354. The van der Waals surface area contributed by atoms with Crippen LogP contribution in [0.3, 0.4) is 0 Å². The van der Waals surface area contributed by atoms with Crippen molar-refractivity contribution in [3.63, 3.8) is 0 Å². The molecule has 0 aliphatic heterocycles. The predicted octanol–water partition coefficient (Wildman–Crippen LogP) is 4.48. The lowest BCUT2D eigenvalue weighted by molar-refractivity contribution is -0.123. The molecule has 0 atom stereocenters. The highest BCUT2D eigenvalue weighted by Gasteiger charge is 2.04. The highest BCUT2D eigenvalue weighted by Crippen LogP contribution is 2.22. The molecule has 0 unspecified atom stereocenters. The lowest BCUT2D eigenvalue weighted by Crippen LogP contribution is -2.25. The van der Waals surface area contributed by atoms with Gasteiger partial charge in [0.05, 0.1) is 10.7 Å². The molecule has 5 heteroatoms. The Hall–Kier alpha value is -2.85. The number of para-hydroxylation sites is 1. The molecule has 25 heavy (non-hydrogen) atoms. The number of hydrogen-bond donors (Lipinski definition) is 1. The summed E-state index contributed by atoms with van der Waals surface area (Å²) in [5.41, 5.74) is 4.22. The van der Waals surface area contributed by atoms with E-state index in [-0.39, 0.29) is 12.5 Å². The van der Waals surface area contributed by atoms with Crippen LogP contribution in [0, 0.1) is 0 Å². The van der Waals surface area contributed by atoms with Crippen molar-refractivity contribution in [2.45, 2.75) is 6.92 Å². The average molecular weight is 355 g/mol. The smallest absolute Gasteiger partial charge is 0.277 e. The molecule has 0 fully saturated rings. The molecule has 4 nitrogen and oxygen atoms in total. The van der Waals surface area contributed by atoms with Crippen molar-refractivity contribution in [1.82, 2.24) is 5.43 Å². The predicted molar refractivity (Wildman–Crippen MR) is 103 cm³/mol. The summed E-state index contributed by atoms with van der Waals surface area (Å²) in [5, 5.41) is 4.45. The third-order valence-electron chi connectivity index (χ3n) is 3.09. The number of benzene rings is 2. The topological polar surface area (TPSA) is 50.7 Å². The summed E-state index contributed by atoms with van der Waals surface area (Å²) in [7, 11) is 0. The van der Waals surface area contributed by atoms with E-state index in [0.717, 1.165) is 5.56 Å². The Balaban J connectivity index is 1.76. The Morgan fingerprint density at radius 3 is 2.60 bits per heavy atom. The number of halogens is 1. The van der Waals surface area contributed by atoms with Gasteiger partial charge in [0, 0.05) is 0 Å². The van der Waals surface area contributed by atoms with E-state index in [9.17, 15) is 4.79 Å². The molecule has 1 N–H and O–H groups in total. The van der Waals surface area contributed by atoms with E-state index in [0.29, 0.717) is 16.5 Å². The fourth-order valence-electron chi connectivity index (χ4n) is 1.85. The molecule has 1 amide bonds. The van der Waals surface area contributed by atoms with Gasteiger partial charge in [-0.15, -0.1) is 0 Å². The number of ether oxygens (including phenoxy) is 1. The van der Waals surface area contributed by atoms with Crippen molar-refractivity contribution in [2.75, 3.05) is 6.61 Å². The first-order valence-corrected chi connectivity index (χ1v) is 8.13. The monoisotopic (exact) mass is 354 g/mol. The van der Waals surface area contributed by atoms with E-state index in [1.165, 1.54) is 0 Å². The summed E-state index contributed by atoms with van der Waals surface area (Å²) < 4.78 is 5.34. The molecule has 0 saturated carbocycles. The number of carbonyl (C=O) groups excluding carboxylic acids is 1. The van der Waals surface area contributed by atoms with E-state index in [1.54, 1.807) is 37.3 Å². The molecule has 0 spiro atoms. The lowest BCUT2D eigenvalue weighted by atomic mass is 10.2. The Morgan fingerprint density at radius 2 is 1.84 bits per heavy atom. The van der Waals surface area contributed by atoms with Crippen LogP contribution >= 0.6 is 11.6 Å². The van der Waals surface area contributed by atoms with Crippen molar-refractivity contribution >= 4 is 29.3 Å². The van der Waals surface area contributed by atoms with Gasteiger partial charge in [-0.25, -0.2) is 5.43 Å². The Morgan fingerprint density at radius 1 is 1.12 bits per heavy atom. The van der Waals surface area contributed by atoms with E-state index in [1.807, 2.05) is 48.6 Å². The summed E-state index contributed by atoms with van der Waals surface area (Å²) in [6, 6.07) is 17.0. The number of nitrogens with one attached hydrogen (secondary N) is 1. The Bertz CT molecular complexity index is 783. The number of hydrazone groups is 1. The summed E-state index contributed by atoms with van der Waals surface area (Å²) in [5.74, 6) is 0.110. The summed E-state index contributed by atoms with van der Waals surface area (Å²) in [6.45, 7) is 1.64. The Labute approximate surface area is 152 Å². The zero-order chi connectivity index (χ0) is 17.9. The second-order valence-electron chi connectivity index (χ2n) is 5.14. The second kappa shape index (κ2) is 10.1. The van der Waals surface area contributed by atoms with Crippen molar-refractivity contribution in [2.24, 2.45) is 5.10 Å². The van der Waals surface area contributed by atoms with Crippen LogP contribution in [-0.2, 0) is 4.79 Å². The normalized spacial score (nSPS) is 11.8. The fourth-order valence-corrected chi connectivity index (χ4v) is 2.04. The molecule has 2 aromatic rings. The highest BCUT2D eigenvalue weighted by molar-refractivity contribution is 6.32. The largest absolute Gasteiger partial charge is 0.482 e. The zero-order valence-corrected chi connectivity index (χ0v) is 14.6. The van der Waals surface area contributed by atoms with Crippen LogP contribution in [0.15, 0.2) is 77.9 Å². The van der Waals surface area contributed by atoms with E-state index in [4.69, 9.17) is 16.3 Å². The third kappa shape index (κ3) is 7.06. The molecule has 2 rings (SSSR count). The van der Waals surface area contributed by atoms with E-state index in [2.05, 4.69) is 10.5 Å². The van der Waals surface area contributed by atoms with Crippen LogP contribution in [0.4, 0.5) is 0 Å². The molecule has 0 bridgehead atoms. The van der Waals surface area contributed by atoms with E-state index < -0.39 is 0 Å². The number of rotatable bonds is 7. The van der Waals surface area contributed by atoms with Crippen LogP contribution < -0.4 is 10.2 Å². The van der Waals surface area contributed by atoms with Gasteiger partial charge in [-0.2, -0.15) is 5.10 Å². The minimum Gasteiger partial charge on any atom is -0.482 e. The second-order valence-corrected chi connectivity index (χ2v) is 5.54. The standard InChI is InChI=1S/C20H19ClN2O2/c1-16(9-5-6-12-17-10-3-2-4-11-17)22-23-20(24)15-25-19-14-8-7-13-18(19)21/h2-14H,15H2,1H3,(H,23,24)/b9-5+,12-6+,22-16-. The van der Waals surface area contributed by atoms with Crippen molar-refractivity contribution in [3.8, 4) is 5.75 Å². The molecule has 0 heterocycles. The van der Waals surface area contributed by atoms with Crippen LogP contribution in [0.1, 0.15) is 12.5 Å².